The lowest BCUT2D eigenvalue weighted by Crippen LogP contribution is -2.21. The Bertz CT molecular complexity index is 266. The van der Waals surface area contributed by atoms with Crippen LogP contribution in [0.15, 0.2) is 24.3 Å². The fourth-order valence-corrected chi connectivity index (χ4v) is 1.58. The molecule has 0 aromatic heterocycles. The molecule has 0 saturated carbocycles. The molecule has 1 aromatic carbocycles. The van der Waals surface area contributed by atoms with Crippen LogP contribution in [0.25, 0.3) is 0 Å². The normalized spacial score (nSPS) is 12.7. The molecule has 2 heteroatoms. The molecule has 1 aromatic rings. The molecule has 0 bridgehead atoms. The van der Waals surface area contributed by atoms with Crippen molar-refractivity contribution in [3.05, 3.63) is 35.4 Å². The van der Waals surface area contributed by atoms with Crippen molar-refractivity contribution in [3.63, 3.8) is 0 Å². The topological polar surface area (TPSA) is 38.0 Å². The monoisotopic (exact) mass is 206 g/mol. The van der Waals surface area contributed by atoms with Gasteiger partial charge in [0.25, 0.3) is 0 Å². The van der Waals surface area contributed by atoms with E-state index in [1.807, 2.05) is 0 Å². The highest BCUT2D eigenvalue weighted by Crippen LogP contribution is 2.13. The molecule has 2 nitrogen and oxygen atoms in total. The second-order valence-corrected chi connectivity index (χ2v) is 3.91. The Kier molecular flexibility index (Phi) is 5.37. The quantitative estimate of drug-likeness (QED) is 0.701. The first-order valence-corrected chi connectivity index (χ1v) is 5.80. The van der Waals surface area contributed by atoms with E-state index in [4.69, 9.17) is 5.73 Å². The van der Waals surface area contributed by atoms with Crippen molar-refractivity contribution in [2.75, 3.05) is 13.1 Å². The number of nitrogens with one attached hydrogen (secondary N) is 1. The molecule has 1 atom stereocenters. The second kappa shape index (κ2) is 6.59. The Labute approximate surface area is 92.9 Å². The van der Waals surface area contributed by atoms with Gasteiger partial charge in [0.1, 0.15) is 0 Å². The van der Waals surface area contributed by atoms with Crippen LogP contribution in [0.3, 0.4) is 0 Å². The van der Waals surface area contributed by atoms with Crippen LogP contribution >= 0.6 is 0 Å². The molecule has 0 spiro atoms. The highest BCUT2D eigenvalue weighted by Gasteiger charge is 2.03. The van der Waals surface area contributed by atoms with Crippen molar-refractivity contribution in [3.8, 4) is 0 Å². The van der Waals surface area contributed by atoms with Gasteiger partial charge in [-0.3, -0.25) is 0 Å². The predicted molar refractivity (Wildman–Crippen MR) is 65.9 cm³/mol. The molecule has 0 aliphatic rings. The van der Waals surface area contributed by atoms with Crippen molar-refractivity contribution in [1.29, 1.82) is 0 Å². The third-order valence-corrected chi connectivity index (χ3v) is 2.72. The standard InChI is InChI=1S/C13H22N2/c1-3-12-5-7-13(8-6-12)11(2)15-10-4-9-14/h5-8,11,15H,3-4,9-10,14H2,1-2H3. The fourth-order valence-electron chi connectivity index (χ4n) is 1.58. The number of rotatable bonds is 6. The maximum atomic E-state index is 5.45. The van der Waals surface area contributed by atoms with Crippen LogP contribution in [-0.4, -0.2) is 13.1 Å². The molecule has 1 unspecified atom stereocenters. The summed E-state index contributed by atoms with van der Waals surface area (Å²) < 4.78 is 0. The molecule has 1 rings (SSSR count). The van der Waals surface area contributed by atoms with Gasteiger partial charge in [0.2, 0.25) is 0 Å². The van der Waals surface area contributed by atoms with Gasteiger partial charge in [0, 0.05) is 6.04 Å². The van der Waals surface area contributed by atoms with Crippen LogP contribution in [0.2, 0.25) is 0 Å². The van der Waals surface area contributed by atoms with Crippen molar-refractivity contribution in [2.45, 2.75) is 32.7 Å². The van der Waals surface area contributed by atoms with E-state index >= 15 is 0 Å². The summed E-state index contributed by atoms with van der Waals surface area (Å²) in [5, 5.41) is 3.46. The number of nitrogens with two attached hydrogens (primary N) is 1. The average Bonchev–Trinajstić information content (AvgIpc) is 2.29. The van der Waals surface area contributed by atoms with E-state index in [0.717, 1.165) is 25.9 Å². The minimum absolute atomic E-state index is 0.419. The maximum absolute atomic E-state index is 5.45. The molecule has 0 aliphatic carbocycles. The Hall–Kier alpha value is -0.860. The van der Waals surface area contributed by atoms with Gasteiger partial charge < -0.3 is 11.1 Å². The summed E-state index contributed by atoms with van der Waals surface area (Å²) >= 11 is 0. The molecule has 15 heavy (non-hydrogen) atoms. The number of hydrogen-bond donors (Lipinski definition) is 2. The van der Waals surface area contributed by atoms with Crippen molar-refractivity contribution in [1.82, 2.24) is 5.32 Å². The lowest BCUT2D eigenvalue weighted by molar-refractivity contribution is 0.561. The average molecular weight is 206 g/mol. The van der Waals surface area contributed by atoms with Crippen molar-refractivity contribution in [2.24, 2.45) is 5.73 Å². The van der Waals surface area contributed by atoms with E-state index in [2.05, 4.69) is 43.4 Å². The summed E-state index contributed by atoms with van der Waals surface area (Å²) in [6.07, 6.45) is 2.15. The summed E-state index contributed by atoms with van der Waals surface area (Å²) in [5.41, 5.74) is 8.20. The van der Waals surface area contributed by atoms with Crippen LogP contribution in [0.5, 0.6) is 0 Å². The van der Waals surface area contributed by atoms with Gasteiger partial charge in [0.15, 0.2) is 0 Å². The highest BCUT2D eigenvalue weighted by atomic mass is 14.9. The van der Waals surface area contributed by atoms with Crippen molar-refractivity contribution >= 4 is 0 Å². The zero-order valence-electron chi connectivity index (χ0n) is 9.79. The van der Waals surface area contributed by atoms with E-state index in [1.165, 1.54) is 11.1 Å². The Balaban J connectivity index is 2.46. The molecule has 84 valence electrons. The van der Waals surface area contributed by atoms with E-state index < -0.39 is 0 Å². The lowest BCUT2D eigenvalue weighted by atomic mass is 10.1. The fraction of sp³-hybridized carbons (Fsp3) is 0.538. The molecule has 0 fully saturated rings. The van der Waals surface area contributed by atoms with Crippen molar-refractivity contribution < 1.29 is 0 Å². The minimum Gasteiger partial charge on any atom is -0.330 e. The van der Waals surface area contributed by atoms with Gasteiger partial charge in [-0.05, 0) is 44.0 Å². The maximum Gasteiger partial charge on any atom is 0.0291 e. The molecule has 0 heterocycles. The summed E-state index contributed by atoms with van der Waals surface area (Å²) in [7, 11) is 0. The number of benzene rings is 1. The first-order chi connectivity index (χ1) is 7.27. The third kappa shape index (κ3) is 4.02. The van der Waals surface area contributed by atoms with E-state index in [-0.39, 0.29) is 0 Å². The van der Waals surface area contributed by atoms with E-state index in [9.17, 15) is 0 Å². The zero-order chi connectivity index (χ0) is 11.1. The Morgan fingerprint density at radius 3 is 2.47 bits per heavy atom. The van der Waals surface area contributed by atoms with Crippen LogP contribution in [0.4, 0.5) is 0 Å². The first-order valence-electron chi connectivity index (χ1n) is 5.80. The van der Waals surface area contributed by atoms with Gasteiger partial charge in [-0.15, -0.1) is 0 Å². The van der Waals surface area contributed by atoms with Gasteiger partial charge >= 0.3 is 0 Å². The largest absolute Gasteiger partial charge is 0.330 e. The zero-order valence-corrected chi connectivity index (χ0v) is 9.79. The molecule has 0 amide bonds. The first kappa shape index (κ1) is 12.2. The molecule has 0 radical (unpaired) electrons. The Morgan fingerprint density at radius 2 is 1.93 bits per heavy atom. The molecule has 3 N–H and O–H groups in total. The molecular formula is C13H22N2. The predicted octanol–water partition coefficient (Wildman–Crippen LogP) is 2.25. The van der Waals surface area contributed by atoms with Crippen LogP contribution in [0.1, 0.15) is 37.4 Å². The third-order valence-electron chi connectivity index (χ3n) is 2.72. The lowest BCUT2D eigenvalue weighted by Gasteiger charge is -2.14. The summed E-state index contributed by atoms with van der Waals surface area (Å²) in [5.74, 6) is 0. The van der Waals surface area contributed by atoms with Gasteiger partial charge in [0.05, 0.1) is 0 Å². The van der Waals surface area contributed by atoms with Crippen LogP contribution in [0, 0.1) is 0 Å². The van der Waals surface area contributed by atoms with Gasteiger partial charge in [-0.25, -0.2) is 0 Å². The van der Waals surface area contributed by atoms with E-state index in [1.54, 1.807) is 0 Å². The summed E-state index contributed by atoms with van der Waals surface area (Å²) in [6, 6.07) is 9.24. The SMILES string of the molecule is CCc1ccc(C(C)NCCCN)cc1. The van der Waals surface area contributed by atoms with Crippen LogP contribution in [-0.2, 0) is 6.42 Å². The highest BCUT2D eigenvalue weighted by molar-refractivity contribution is 5.24. The number of aryl methyl sites for hydroxylation is 1. The van der Waals surface area contributed by atoms with Gasteiger partial charge in [-0.1, -0.05) is 31.2 Å². The minimum atomic E-state index is 0.419. The Morgan fingerprint density at radius 1 is 1.27 bits per heavy atom. The summed E-state index contributed by atoms with van der Waals surface area (Å²) in [6.45, 7) is 6.12. The molecule has 0 aliphatic heterocycles. The smallest absolute Gasteiger partial charge is 0.0291 e. The van der Waals surface area contributed by atoms with Crippen LogP contribution < -0.4 is 11.1 Å². The summed E-state index contributed by atoms with van der Waals surface area (Å²) in [4.78, 5) is 0. The van der Waals surface area contributed by atoms with E-state index in [0.29, 0.717) is 6.04 Å². The molecular weight excluding hydrogens is 184 g/mol. The number of hydrogen-bond acceptors (Lipinski definition) is 2. The second-order valence-electron chi connectivity index (χ2n) is 3.91. The molecule has 0 saturated heterocycles. The van der Waals surface area contributed by atoms with Gasteiger partial charge in [-0.2, -0.15) is 0 Å².